The van der Waals surface area contributed by atoms with Crippen molar-refractivity contribution in [1.82, 2.24) is 9.88 Å². The predicted molar refractivity (Wildman–Crippen MR) is 120 cm³/mol. The van der Waals surface area contributed by atoms with Crippen LogP contribution in [0.5, 0.6) is 0 Å². The zero-order valence-electron chi connectivity index (χ0n) is 17.7. The van der Waals surface area contributed by atoms with Gasteiger partial charge in [0.05, 0.1) is 18.1 Å². The van der Waals surface area contributed by atoms with Gasteiger partial charge in [0.2, 0.25) is 5.91 Å². The summed E-state index contributed by atoms with van der Waals surface area (Å²) in [4.78, 5) is 32.4. The second-order valence-corrected chi connectivity index (χ2v) is 8.55. The van der Waals surface area contributed by atoms with Gasteiger partial charge in [-0.3, -0.25) is 9.59 Å². The molecule has 160 valence electrons. The number of carbonyl (C=O) groups is 2. The Hall–Kier alpha value is -3.12. The van der Waals surface area contributed by atoms with Gasteiger partial charge in [0.1, 0.15) is 0 Å². The van der Waals surface area contributed by atoms with E-state index < -0.39 is 11.5 Å². The molecule has 1 aromatic heterocycles. The number of fused-ring (bicyclic) bond motifs is 2. The molecule has 5 rings (SSSR count). The predicted octanol–water partition coefficient (Wildman–Crippen LogP) is 4.31. The van der Waals surface area contributed by atoms with Crippen LogP contribution in [0.1, 0.15) is 47.5 Å². The molecule has 1 fully saturated rings. The van der Waals surface area contributed by atoms with E-state index in [9.17, 15) is 9.59 Å². The van der Waals surface area contributed by atoms with Gasteiger partial charge in [-0.2, -0.15) is 0 Å². The van der Waals surface area contributed by atoms with Crippen LogP contribution in [0.25, 0.3) is 10.9 Å². The van der Waals surface area contributed by atoms with Gasteiger partial charge in [-0.1, -0.05) is 37.1 Å². The summed E-state index contributed by atoms with van der Waals surface area (Å²) in [5.74, 6) is -0.471. The average Bonchev–Trinajstić information content (AvgIpc) is 3.44. The van der Waals surface area contributed by atoms with Gasteiger partial charge < -0.3 is 19.9 Å². The molecule has 6 heteroatoms. The molecular weight excluding hydrogens is 390 g/mol. The number of hydrogen-bond donors (Lipinski definition) is 2. The lowest BCUT2D eigenvalue weighted by atomic mass is 9.71. The molecule has 2 amide bonds. The lowest BCUT2D eigenvalue weighted by Crippen LogP contribution is -2.60. The molecule has 31 heavy (non-hydrogen) atoms. The number of nitrogens with one attached hydrogen (secondary N) is 2. The molecular formula is C25H27N3O3. The molecule has 1 aliphatic heterocycles. The maximum absolute atomic E-state index is 13.8. The molecule has 0 radical (unpaired) electrons. The molecule has 2 heterocycles. The van der Waals surface area contributed by atoms with E-state index in [4.69, 9.17) is 4.74 Å². The molecule has 6 nitrogen and oxygen atoms in total. The Balaban J connectivity index is 1.57. The van der Waals surface area contributed by atoms with E-state index in [0.29, 0.717) is 18.7 Å². The first-order valence-electron chi connectivity index (χ1n) is 10.9. The summed E-state index contributed by atoms with van der Waals surface area (Å²) in [7, 11) is 1.64. The fraction of sp³-hybridized carbons (Fsp3) is 0.360. The van der Waals surface area contributed by atoms with Crippen molar-refractivity contribution >= 4 is 28.4 Å². The fourth-order valence-corrected chi connectivity index (χ4v) is 5.51. The van der Waals surface area contributed by atoms with Crippen LogP contribution in [0, 0.1) is 0 Å². The van der Waals surface area contributed by atoms with Crippen molar-refractivity contribution < 1.29 is 14.3 Å². The summed E-state index contributed by atoms with van der Waals surface area (Å²) < 4.78 is 5.31. The lowest BCUT2D eigenvalue weighted by molar-refractivity contribution is -0.121. The number of aromatic nitrogens is 1. The van der Waals surface area contributed by atoms with E-state index in [0.717, 1.165) is 47.8 Å². The Morgan fingerprint density at radius 2 is 2.00 bits per heavy atom. The van der Waals surface area contributed by atoms with Crippen LogP contribution >= 0.6 is 0 Å². The Kier molecular flexibility index (Phi) is 5.02. The van der Waals surface area contributed by atoms with E-state index in [1.54, 1.807) is 7.11 Å². The molecule has 0 bridgehead atoms. The molecule has 1 aliphatic carbocycles. The quantitative estimate of drug-likeness (QED) is 0.650. The maximum Gasteiger partial charge on any atom is 0.254 e. The van der Waals surface area contributed by atoms with E-state index in [-0.39, 0.29) is 11.8 Å². The number of hydrogen-bond acceptors (Lipinski definition) is 3. The van der Waals surface area contributed by atoms with E-state index in [1.807, 2.05) is 59.6 Å². The van der Waals surface area contributed by atoms with Gasteiger partial charge in [0.25, 0.3) is 5.91 Å². The number of benzene rings is 2. The van der Waals surface area contributed by atoms with Crippen LogP contribution in [0.15, 0.2) is 54.7 Å². The SMILES string of the molecule is COCCN1C(=O)c2ccccc2[C@H](C(=O)Nc2ccc3cc[nH]c3c2)C12CCCC2. The standard InChI is InChI=1S/C25H27N3O3/c1-31-15-14-28-24(30)20-7-3-2-6-19(20)22(25(28)11-4-5-12-25)23(29)27-18-9-8-17-10-13-26-21(17)16-18/h2-3,6-10,13,16,22,26H,4-5,11-12,14-15H2,1H3,(H,27,29)/t22-/m1/s1. The summed E-state index contributed by atoms with van der Waals surface area (Å²) in [5, 5.41) is 4.25. The second-order valence-electron chi connectivity index (χ2n) is 8.55. The highest BCUT2D eigenvalue weighted by Crippen LogP contribution is 2.50. The van der Waals surface area contributed by atoms with Gasteiger partial charge in [-0.15, -0.1) is 0 Å². The number of anilines is 1. The molecule has 1 saturated carbocycles. The summed E-state index contributed by atoms with van der Waals surface area (Å²) >= 11 is 0. The van der Waals surface area contributed by atoms with Crippen LogP contribution in [0.2, 0.25) is 0 Å². The highest BCUT2D eigenvalue weighted by molar-refractivity contribution is 6.05. The minimum absolute atomic E-state index is 0.00593. The molecule has 1 atom stereocenters. The molecule has 0 saturated heterocycles. The first-order chi connectivity index (χ1) is 15.1. The zero-order chi connectivity index (χ0) is 21.4. The van der Waals surface area contributed by atoms with Crippen molar-refractivity contribution in [1.29, 1.82) is 0 Å². The van der Waals surface area contributed by atoms with Crippen molar-refractivity contribution in [3.8, 4) is 0 Å². The van der Waals surface area contributed by atoms with Crippen molar-refractivity contribution in [2.45, 2.75) is 37.1 Å². The smallest absolute Gasteiger partial charge is 0.254 e. The van der Waals surface area contributed by atoms with Gasteiger partial charge in [-0.25, -0.2) is 0 Å². The number of carbonyl (C=O) groups excluding carboxylic acids is 2. The molecule has 3 aromatic rings. The molecule has 0 unspecified atom stereocenters. The largest absolute Gasteiger partial charge is 0.383 e. The number of rotatable bonds is 5. The van der Waals surface area contributed by atoms with Crippen molar-refractivity contribution in [3.63, 3.8) is 0 Å². The van der Waals surface area contributed by atoms with Gasteiger partial charge in [0.15, 0.2) is 0 Å². The second kappa shape index (κ2) is 7.85. The van der Waals surface area contributed by atoms with Crippen LogP contribution in [0.3, 0.4) is 0 Å². The third kappa shape index (κ3) is 3.22. The van der Waals surface area contributed by atoms with Gasteiger partial charge in [-0.05, 0) is 48.1 Å². The van der Waals surface area contributed by atoms with Crippen molar-refractivity contribution in [3.05, 3.63) is 65.9 Å². The van der Waals surface area contributed by atoms with Gasteiger partial charge >= 0.3 is 0 Å². The van der Waals surface area contributed by atoms with Crippen LogP contribution in [-0.4, -0.2) is 47.5 Å². The molecule has 1 spiro atoms. The number of nitrogens with zero attached hydrogens (tertiary/aromatic N) is 1. The zero-order valence-corrected chi connectivity index (χ0v) is 17.7. The Labute approximate surface area is 181 Å². The average molecular weight is 418 g/mol. The molecule has 2 aliphatic rings. The van der Waals surface area contributed by atoms with E-state index >= 15 is 0 Å². The number of ether oxygens (including phenoxy) is 1. The number of methoxy groups -OCH3 is 1. The molecule has 2 N–H and O–H groups in total. The van der Waals surface area contributed by atoms with Crippen molar-refractivity contribution in [2.75, 3.05) is 25.6 Å². The normalized spacial score (nSPS) is 19.7. The van der Waals surface area contributed by atoms with E-state index in [2.05, 4.69) is 10.3 Å². The monoisotopic (exact) mass is 417 g/mol. The first-order valence-corrected chi connectivity index (χ1v) is 10.9. The Morgan fingerprint density at radius 1 is 1.19 bits per heavy atom. The number of H-pyrrole nitrogens is 1. The lowest BCUT2D eigenvalue weighted by Gasteiger charge is -2.50. The first kappa shape index (κ1) is 19.8. The highest BCUT2D eigenvalue weighted by atomic mass is 16.5. The highest BCUT2D eigenvalue weighted by Gasteiger charge is 2.55. The topological polar surface area (TPSA) is 74.4 Å². The Bertz CT molecular complexity index is 1130. The summed E-state index contributed by atoms with van der Waals surface area (Å²) in [6.07, 6.45) is 5.56. The van der Waals surface area contributed by atoms with Crippen LogP contribution < -0.4 is 5.32 Å². The minimum Gasteiger partial charge on any atom is -0.383 e. The van der Waals surface area contributed by atoms with Crippen LogP contribution in [-0.2, 0) is 9.53 Å². The Morgan fingerprint density at radius 3 is 2.81 bits per heavy atom. The fourth-order valence-electron chi connectivity index (χ4n) is 5.51. The van der Waals surface area contributed by atoms with Crippen LogP contribution in [0.4, 0.5) is 5.69 Å². The maximum atomic E-state index is 13.8. The van der Waals surface area contributed by atoms with Gasteiger partial charge in [0, 0.05) is 36.6 Å². The summed E-state index contributed by atoms with van der Waals surface area (Å²) in [6, 6.07) is 15.5. The number of amides is 2. The number of aromatic amines is 1. The third-order valence-electron chi connectivity index (χ3n) is 6.90. The third-order valence-corrected chi connectivity index (χ3v) is 6.90. The summed E-state index contributed by atoms with van der Waals surface area (Å²) in [5.41, 5.74) is 2.68. The molecule has 2 aromatic carbocycles. The van der Waals surface area contributed by atoms with E-state index in [1.165, 1.54) is 0 Å². The minimum atomic E-state index is -0.509. The van der Waals surface area contributed by atoms with Crippen molar-refractivity contribution in [2.24, 2.45) is 0 Å². The summed E-state index contributed by atoms with van der Waals surface area (Å²) in [6.45, 7) is 0.940.